The van der Waals surface area contributed by atoms with E-state index in [4.69, 9.17) is 16.3 Å². The number of aryl methyl sites for hydroxylation is 1. The van der Waals surface area contributed by atoms with Gasteiger partial charge in [-0.25, -0.2) is 8.42 Å². The van der Waals surface area contributed by atoms with Gasteiger partial charge >= 0.3 is 0 Å². The van der Waals surface area contributed by atoms with Crippen LogP contribution in [0, 0.1) is 6.92 Å². The molecular formula is C18H18ClNO4S. The summed E-state index contributed by atoms with van der Waals surface area (Å²) in [7, 11) is -3.45. The first-order chi connectivity index (χ1) is 11.9. The van der Waals surface area contributed by atoms with Crippen LogP contribution in [0.15, 0.2) is 53.4 Å². The van der Waals surface area contributed by atoms with Crippen LogP contribution < -0.4 is 4.74 Å². The minimum Gasteiger partial charge on any atom is -0.484 e. The van der Waals surface area contributed by atoms with Crippen molar-refractivity contribution in [2.24, 2.45) is 0 Å². The highest BCUT2D eigenvalue weighted by atomic mass is 35.5. The van der Waals surface area contributed by atoms with Gasteiger partial charge in [-0.3, -0.25) is 4.79 Å². The average Bonchev–Trinajstić information content (AvgIpc) is 2.53. The zero-order chi connectivity index (χ0) is 18.0. The standard InChI is InChI=1S/C18H18ClNO4S/c1-13-4-2-3-5-17(13)24-12-18(21)20-10-16(11-20)25(22,23)15-8-6-14(19)7-9-15/h2-9,16H,10-12H2,1H3. The lowest BCUT2D eigenvalue weighted by molar-refractivity contribution is -0.136. The van der Waals surface area contributed by atoms with Gasteiger partial charge in [0.2, 0.25) is 0 Å². The zero-order valence-electron chi connectivity index (χ0n) is 13.7. The topological polar surface area (TPSA) is 63.7 Å². The second kappa shape index (κ2) is 7.06. The van der Waals surface area contributed by atoms with E-state index in [-0.39, 0.29) is 30.5 Å². The van der Waals surface area contributed by atoms with E-state index in [9.17, 15) is 13.2 Å². The molecule has 0 N–H and O–H groups in total. The number of rotatable bonds is 5. The van der Waals surface area contributed by atoms with E-state index in [1.165, 1.54) is 17.0 Å². The summed E-state index contributed by atoms with van der Waals surface area (Å²) in [5, 5.41) is -0.103. The molecule has 0 atom stereocenters. The van der Waals surface area contributed by atoms with Crippen LogP contribution in [0.25, 0.3) is 0 Å². The molecule has 1 heterocycles. The molecule has 0 aliphatic carbocycles. The van der Waals surface area contributed by atoms with Gasteiger partial charge in [-0.1, -0.05) is 29.8 Å². The summed E-state index contributed by atoms with van der Waals surface area (Å²) in [4.78, 5) is 13.9. The molecule has 7 heteroatoms. The first-order valence-corrected chi connectivity index (χ1v) is 9.76. The Hall–Kier alpha value is -2.05. The van der Waals surface area contributed by atoms with Crippen LogP contribution in [0.3, 0.4) is 0 Å². The smallest absolute Gasteiger partial charge is 0.260 e. The Morgan fingerprint density at radius 3 is 2.44 bits per heavy atom. The molecular weight excluding hydrogens is 362 g/mol. The lowest BCUT2D eigenvalue weighted by atomic mass is 10.2. The van der Waals surface area contributed by atoms with Crippen molar-refractivity contribution in [1.82, 2.24) is 4.90 Å². The SMILES string of the molecule is Cc1ccccc1OCC(=O)N1CC(S(=O)(=O)c2ccc(Cl)cc2)C1. The van der Waals surface area contributed by atoms with Crippen LogP contribution in [0.5, 0.6) is 5.75 Å². The maximum atomic E-state index is 12.5. The van der Waals surface area contributed by atoms with Gasteiger partial charge in [0.1, 0.15) is 11.0 Å². The molecule has 1 aliphatic heterocycles. The number of ether oxygens (including phenoxy) is 1. The fraction of sp³-hybridized carbons (Fsp3) is 0.278. The highest BCUT2D eigenvalue weighted by molar-refractivity contribution is 7.92. The van der Waals surface area contributed by atoms with Gasteiger partial charge in [-0.15, -0.1) is 0 Å². The number of sulfone groups is 1. The lowest BCUT2D eigenvalue weighted by Crippen LogP contribution is -2.57. The molecule has 132 valence electrons. The summed E-state index contributed by atoms with van der Waals surface area (Å²) < 4.78 is 30.5. The monoisotopic (exact) mass is 379 g/mol. The Bertz CT molecular complexity index is 874. The fourth-order valence-corrected chi connectivity index (χ4v) is 4.38. The van der Waals surface area contributed by atoms with Gasteiger partial charge in [0, 0.05) is 18.1 Å². The van der Waals surface area contributed by atoms with Gasteiger partial charge < -0.3 is 9.64 Å². The second-order valence-electron chi connectivity index (χ2n) is 5.97. The van der Waals surface area contributed by atoms with E-state index >= 15 is 0 Å². The number of nitrogens with zero attached hydrogens (tertiary/aromatic N) is 1. The number of amides is 1. The minimum absolute atomic E-state index is 0.0986. The van der Waals surface area contributed by atoms with Crippen molar-refractivity contribution >= 4 is 27.3 Å². The van der Waals surface area contributed by atoms with Gasteiger partial charge in [0.05, 0.1) is 4.90 Å². The summed E-state index contributed by atoms with van der Waals surface area (Å²) in [5.41, 5.74) is 0.946. The first kappa shape index (κ1) is 17.8. The summed E-state index contributed by atoms with van der Waals surface area (Å²) in [6, 6.07) is 13.5. The molecule has 0 aromatic heterocycles. The summed E-state index contributed by atoms with van der Waals surface area (Å²) in [6.07, 6.45) is 0. The van der Waals surface area contributed by atoms with Gasteiger partial charge in [-0.05, 0) is 42.8 Å². The quantitative estimate of drug-likeness (QED) is 0.801. The van der Waals surface area contributed by atoms with E-state index in [0.717, 1.165) is 5.56 Å². The van der Waals surface area contributed by atoms with Gasteiger partial charge in [-0.2, -0.15) is 0 Å². The Kier molecular flexibility index (Phi) is 5.01. The zero-order valence-corrected chi connectivity index (χ0v) is 15.3. The predicted molar refractivity (Wildman–Crippen MR) is 95.7 cm³/mol. The Morgan fingerprint density at radius 1 is 1.16 bits per heavy atom. The molecule has 0 spiro atoms. The molecule has 1 fully saturated rings. The molecule has 2 aromatic rings. The van der Waals surface area contributed by atoms with Crippen LogP contribution in [0.1, 0.15) is 5.56 Å². The molecule has 0 bridgehead atoms. The highest BCUT2D eigenvalue weighted by Gasteiger charge is 2.40. The molecule has 25 heavy (non-hydrogen) atoms. The van der Waals surface area contributed by atoms with Crippen molar-refractivity contribution in [2.75, 3.05) is 19.7 Å². The van der Waals surface area contributed by atoms with Crippen LogP contribution in [-0.4, -0.2) is 44.2 Å². The normalized spacial score (nSPS) is 14.9. The number of likely N-dealkylation sites (tertiary alicyclic amines) is 1. The van der Waals surface area contributed by atoms with Crippen molar-refractivity contribution in [3.63, 3.8) is 0 Å². The van der Waals surface area contributed by atoms with Crippen LogP contribution >= 0.6 is 11.6 Å². The van der Waals surface area contributed by atoms with Crippen LogP contribution in [-0.2, 0) is 14.6 Å². The average molecular weight is 380 g/mol. The Balaban J connectivity index is 1.55. The molecule has 5 nitrogen and oxygen atoms in total. The minimum atomic E-state index is -3.45. The van der Waals surface area contributed by atoms with E-state index < -0.39 is 15.1 Å². The number of hydrogen-bond acceptors (Lipinski definition) is 4. The van der Waals surface area contributed by atoms with Crippen molar-refractivity contribution in [2.45, 2.75) is 17.1 Å². The second-order valence-corrected chi connectivity index (χ2v) is 8.64. The number of carbonyl (C=O) groups is 1. The molecule has 0 unspecified atom stereocenters. The molecule has 0 saturated carbocycles. The summed E-state index contributed by atoms with van der Waals surface area (Å²) in [5.74, 6) is 0.438. The lowest BCUT2D eigenvalue weighted by Gasteiger charge is -2.38. The number of benzene rings is 2. The third-order valence-corrected chi connectivity index (χ3v) is 6.58. The Morgan fingerprint density at radius 2 is 1.80 bits per heavy atom. The molecule has 1 aliphatic rings. The maximum Gasteiger partial charge on any atom is 0.260 e. The van der Waals surface area contributed by atoms with Gasteiger partial charge in [0.15, 0.2) is 16.4 Å². The fourth-order valence-electron chi connectivity index (χ4n) is 2.60. The van der Waals surface area contributed by atoms with E-state index in [1.807, 2.05) is 25.1 Å². The van der Waals surface area contributed by atoms with Crippen LogP contribution in [0.4, 0.5) is 0 Å². The largest absolute Gasteiger partial charge is 0.484 e. The van der Waals surface area contributed by atoms with Crippen molar-refractivity contribution < 1.29 is 17.9 Å². The number of hydrogen-bond donors (Lipinski definition) is 0. The summed E-state index contributed by atoms with van der Waals surface area (Å²) >= 11 is 5.79. The third-order valence-electron chi connectivity index (χ3n) is 4.23. The van der Waals surface area contributed by atoms with Crippen LogP contribution in [0.2, 0.25) is 5.02 Å². The summed E-state index contributed by atoms with van der Waals surface area (Å²) in [6.45, 7) is 2.17. The highest BCUT2D eigenvalue weighted by Crippen LogP contribution is 2.25. The molecule has 2 aromatic carbocycles. The predicted octanol–water partition coefficient (Wildman–Crippen LogP) is 2.71. The van der Waals surface area contributed by atoms with Gasteiger partial charge in [0.25, 0.3) is 5.91 Å². The molecule has 3 rings (SSSR count). The number of para-hydroxylation sites is 1. The van der Waals surface area contributed by atoms with Crippen molar-refractivity contribution in [1.29, 1.82) is 0 Å². The first-order valence-electron chi connectivity index (χ1n) is 7.83. The number of carbonyl (C=O) groups excluding carboxylic acids is 1. The van der Waals surface area contributed by atoms with E-state index in [2.05, 4.69) is 0 Å². The molecule has 1 amide bonds. The third kappa shape index (κ3) is 3.80. The van der Waals surface area contributed by atoms with Crippen molar-refractivity contribution in [3.05, 3.63) is 59.1 Å². The molecule has 1 saturated heterocycles. The Labute approximate surface area is 152 Å². The van der Waals surface area contributed by atoms with E-state index in [1.54, 1.807) is 18.2 Å². The molecule has 0 radical (unpaired) electrons. The van der Waals surface area contributed by atoms with Crippen molar-refractivity contribution in [3.8, 4) is 5.75 Å². The van der Waals surface area contributed by atoms with E-state index in [0.29, 0.717) is 10.8 Å². The maximum absolute atomic E-state index is 12.5. The number of halogens is 1.